The maximum absolute atomic E-state index is 12.2. The highest BCUT2D eigenvalue weighted by atomic mass is 16.5. The van der Waals surface area contributed by atoms with Crippen LogP contribution in [0, 0.1) is 0 Å². The minimum atomic E-state index is -0.175. The average Bonchev–Trinajstić information content (AvgIpc) is 3.50. The monoisotopic (exact) mass is 368 g/mol. The molecule has 0 aliphatic heterocycles. The van der Waals surface area contributed by atoms with Crippen molar-refractivity contribution in [2.75, 3.05) is 14.2 Å². The zero-order chi connectivity index (χ0) is 19.2. The number of carbonyl (C=O) groups excluding carboxylic acids is 1. The van der Waals surface area contributed by atoms with Crippen molar-refractivity contribution < 1.29 is 14.3 Å². The molecule has 0 saturated heterocycles. The highest BCUT2D eigenvalue weighted by Gasteiger charge is 2.27. The summed E-state index contributed by atoms with van der Waals surface area (Å²) in [5.74, 6) is 1.51. The van der Waals surface area contributed by atoms with Gasteiger partial charge in [0.25, 0.3) is 0 Å². The molecule has 1 N–H and O–H groups in total. The number of ether oxygens (including phenoxy) is 2. The van der Waals surface area contributed by atoms with Crippen molar-refractivity contribution in [3.8, 4) is 11.5 Å². The first-order valence-corrected chi connectivity index (χ1v) is 9.41. The Balaban J connectivity index is 1.59. The Labute approximate surface area is 161 Å². The molecule has 2 aromatic carbocycles. The molecule has 144 valence electrons. The minimum absolute atomic E-state index is 0.0924. The van der Waals surface area contributed by atoms with E-state index in [1.54, 1.807) is 7.11 Å². The molecule has 1 amide bonds. The molecule has 0 heterocycles. The van der Waals surface area contributed by atoms with Gasteiger partial charge in [-0.25, -0.2) is 0 Å². The second-order valence-electron chi connectivity index (χ2n) is 7.13. The Hall–Kier alpha value is -2.53. The fourth-order valence-electron chi connectivity index (χ4n) is 2.84. The molecule has 1 fully saturated rings. The summed E-state index contributed by atoms with van der Waals surface area (Å²) in [5.41, 5.74) is 2.19. The molecule has 1 aliphatic carbocycles. The number of amides is 1. The summed E-state index contributed by atoms with van der Waals surface area (Å²) in [4.78, 5) is 14.3. The van der Waals surface area contributed by atoms with Gasteiger partial charge in [0, 0.05) is 12.6 Å². The maximum atomic E-state index is 12.2. The van der Waals surface area contributed by atoms with Crippen LogP contribution in [-0.2, 0) is 17.9 Å². The summed E-state index contributed by atoms with van der Waals surface area (Å²) in [5, 5.41) is 3.06. The molecule has 5 heteroatoms. The van der Waals surface area contributed by atoms with Gasteiger partial charge in [-0.2, -0.15) is 0 Å². The van der Waals surface area contributed by atoms with Crippen LogP contribution in [0.1, 0.15) is 30.9 Å². The van der Waals surface area contributed by atoms with E-state index in [1.807, 2.05) is 67.4 Å². The van der Waals surface area contributed by atoms with Crippen LogP contribution in [0.2, 0.25) is 0 Å². The van der Waals surface area contributed by atoms with Crippen molar-refractivity contribution in [2.45, 2.75) is 45.0 Å². The zero-order valence-electron chi connectivity index (χ0n) is 16.3. The summed E-state index contributed by atoms with van der Waals surface area (Å²) < 4.78 is 11.4. The Morgan fingerprint density at radius 1 is 1.15 bits per heavy atom. The first-order valence-electron chi connectivity index (χ1n) is 9.41. The molecule has 3 rings (SSSR count). The van der Waals surface area contributed by atoms with Crippen LogP contribution in [0.4, 0.5) is 0 Å². The van der Waals surface area contributed by atoms with Gasteiger partial charge >= 0.3 is 0 Å². The smallest absolute Gasteiger partial charge is 0.237 e. The van der Waals surface area contributed by atoms with Gasteiger partial charge in [-0.15, -0.1) is 0 Å². The van der Waals surface area contributed by atoms with Gasteiger partial charge in [-0.1, -0.05) is 36.4 Å². The maximum Gasteiger partial charge on any atom is 0.237 e. The van der Waals surface area contributed by atoms with Gasteiger partial charge in [0.05, 0.1) is 13.2 Å². The lowest BCUT2D eigenvalue weighted by Gasteiger charge is -2.24. The van der Waals surface area contributed by atoms with Crippen LogP contribution >= 0.6 is 0 Å². The molecule has 0 aromatic heterocycles. The molecule has 5 nitrogen and oxygen atoms in total. The van der Waals surface area contributed by atoms with E-state index >= 15 is 0 Å². The van der Waals surface area contributed by atoms with E-state index in [9.17, 15) is 4.79 Å². The van der Waals surface area contributed by atoms with E-state index < -0.39 is 0 Å². The lowest BCUT2D eigenvalue weighted by atomic mass is 10.1. The number of hydrogen-bond acceptors (Lipinski definition) is 4. The number of rotatable bonds is 9. The van der Waals surface area contributed by atoms with E-state index in [2.05, 4.69) is 5.32 Å². The Morgan fingerprint density at radius 3 is 2.56 bits per heavy atom. The van der Waals surface area contributed by atoms with E-state index in [1.165, 1.54) is 0 Å². The van der Waals surface area contributed by atoms with Crippen LogP contribution in [0.15, 0.2) is 48.5 Å². The van der Waals surface area contributed by atoms with Crippen LogP contribution in [-0.4, -0.2) is 37.0 Å². The van der Waals surface area contributed by atoms with Crippen LogP contribution in [0.5, 0.6) is 11.5 Å². The SMILES string of the molecule is COc1cc(CN(C)[C@@H](C)C(=O)NC2CC2)ccc1OCc1ccccc1. The van der Waals surface area contributed by atoms with Crippen LogP contribution < -0.4 is 14.8 Å². The van der Waals surface area contributed by atoms with Crippen molar-refractivity contribution in [3.05, 3.63) is 59.7 Å². The lowest BCUT2D eigenvalue weighted by Crippen LogP contribution is -2.43. The molecule has 0 bridgehead atoms. The normalized spacial score (nSPS) is 14.7. The van der Waals surface area contributed by atoms with Crippen molar-refractivity contribution in [3.63, 3.8) is 0 Å². The van der Waals surface area contributed by atoms with Crippen molar-refractivity contribution in [1.29, 1.82) is 0 Å². The molecular weight excluding hydrogens is 340 g/mol. The molecule has 1 aliphatic rings. The predicted octanol–water partition coefficient (Wildman–Crippen LogP) is 3.37. The van der Waals surface area contributed by atoms with Gasteiger partial charge in [-0.3, -0.25) is 9.69 Å². The second kappa shape index (κ2) is 8.91. The van der Waals surface area contributed by atoms with Crippen LogP contribution in [0.25, 0.3) is 0 Å². The zero-order valence-corrected chi connectivity index (χ0v) is 16.3. The van der Waals surface area contributed by atoms with E-state index in [0.29, 0.717) is 30.7 Å². The van der Waals surface area contributed by atoms with Crippen molar-refractivity contribution >= 4 is 5.91 Å². The van der Waals surface area contributed by atoms with Gasteiger partial charge in [0.1, 0.15) is 6.61 Å². The Bertz CT molecular complexity index is 759. The number of likely N-dealkylation sites (N-methyl/N-ethyl adjacent to an activating group) is 1. The minimum Gasteiger partial charge on any atom is -0.493 e. The standard InChI is InChI=1S/C22H28N2O3/c1-16(22(25)23-19-10-11-19)24(2)14-18-9-12-20(21(13-18)26-3)27-15-17-7-5-4-6-8-17/h4-9,12-13,16,19H,10-11,14-15H2,1-3H3,(H,23,25)/t16-/m0/s1. The predicted molar refractivity (Wildman–Crippen MR) is 106 cm³/mol. The number of benzene rings is 2. The first-order chi connectivity index (χ1) is 13.1. The second-order valence-corrected chi connectivity index (χ2v) is 7.13. The molecule has 27 heavy (non-hydrogen) atoms. The Kier molecular flexibility index (Phi) is 6.35. The summed E-state index contributed by atoms with van der Waals surface area (Å²) in [6.07, 6.45) is 2.20. The largest absolute Gasteiger partial charge is 0.493 e. The molecule has 0 radical (unpaired) electrons. The average molecular weight is 368 g/mol. The molecule has 0 spiro atoms. The fraction of sp³-hybridized carbons (Fsp3) is 0.409. The highest BCUT2D eigenvalue weighted by Crippen LogP contribution is 2.29. The molecule has 0 unspecified atom stereocenters. The number of nitrogens with zero attached hydrogens (tertiary/aromatic N) is 1. The van der Waals surface area contributed by atoms with Gasteiger partial charge < -0.3 is 14.8 Å². The number of nitrogens with one attached hydrogen (secondary N) is 1. The van der Waals surface area contributed by atoms with E-state index in [-0.39, 0.29) is 11.9 Å². The first kappa shape index (κ1) is 19.2. The molecule has 1 saturated carbocycles. The van der Waals surface area contributed by atoms with Gasteiger partial charge in [0.2, 0.25) is 5.91 Å². The third kappa shape index (κ3) is 5.47. The quantitative estimate of drug-likeness (QED) is 0.737. The molecule has 2 aromatic rings. The van der Waals surface area contributed by atoms with Gasteiger partial charge in [0.15, 0.2) is 11.5 Å². The number of methoxy groups -OCH3 is 1. The van der Waals surface area contributed by atoms with Crippen molar-refractivity contribution in [1.82, 2.24) is 10.2 Å². The Morgan fingerprint density at radius 2 is 1.89 bits per heavy atom. The summed E-state index contributed by atoms with van der Waals surface area (Å²) in [6.45, 7) is 3.09. The summed E-state index contributed by atoms with van der Waals surface area (Å²) >= 11 is 0. The molecular formula is C22H28N2O3. The summed E-state index contributed by atoms with van der Waals surface area (Å²) in [7, 11) is 3.60. The van der Waals surface area contributed by atoms with Gasteiger partial charge in [-0.05, 0) is 50.1 Å². The third-order valence-electron chi connectivity index (χ3n) is 4.86. The van der Waals surface area contributed by atoms with Crippen LogP contribution in [0.3, 0.4) is 0 Å². The summed E-state index contributed by atoms with van der Waals surface area (Å²) in [6, 6.07) is 16.2. The van der Waals surface area contributed by atoms with E-state index in [0.717, 1.165) is 24.0 Å². The lowest BCUT2D eigenvalue weighted by molar-refractivity contribution is -0.125. The topological polar surface area (TPSA) is 50.8 Å². The molecule has 1 atom stereocenters. The fourth-order valence-corrected chi connectivity index (χ4v) is 2.84. The highest BCUT2D eigenvalue weighted by molar-refractivity contribution is 5.81. The number of carbonyl (C=O) groups is 1. The van der Waals surface area contributed by atoms with Crippen molar-refractivity contribution in [2.24, 2.45) is 0 Å². The number of hydrogen-bond donors (Lipinski definition) is 1. The third-order valence-corrected chi connectivity index (χ3v) is 4.86. The van der Waals surface area contributed by atoms with E-state index in [4.69, 9.17) is 9.47 Å².